The average Bonchev–Trinajstić information content (AvgIpc) is 1.65. The Morgan fingerprint density at radius 1 is 1.25 bits per heavy atom. The maximum absolute atomic E-state index is 2.28. The monoisotopic (exact) mass is 132 g/mol. The molecule has 8 heavy (non-hydrogen) atoms. The Hall–Kier alpha value is 0.350. The Balaban J connectivity index is 3.10. The van der Waals surface area contributed by atoms with Gasteiger partial charge < -0.3 is 0 Å². The van der Waals surface area contributed by atoms with Crippen molar-refractivity contribution in [1.82, 2.24) is 0 Å². The molecule has 0 aromatic heterocycles. The number of thioether (sulfide) groups is 1. The van der Waals surface area contributed by atoms with Gasteiger partial charge in [-0.05, 0) is 18.6 Å². The van der Waals surface area contributed by atoms with E-state index in [0.717, 1.165) is 11.2 Å². The predicted octanol–water partition coefficient (Wildman–Crippen LogP) is 2.78. The third-order valence-electron chi connectivity index (χ3n) is 1.21. The number of hydrogen-bond acceptors (Lipinski definition) is 1. The molecule has 0 aliphatic rings. The van der Waals surface area contributed by atoms with E-state index in [-0.39, 0.29) is 0 Å². The van der Waals surface area contributed by atoms with E-state index in [1.165, 1.54) is 6.42 Å². The largest absolute Gasteiger partial charge is 0.162 e. The van der Waals surface area contributed by atoms with Crippen LogP contribution in [0.5, 0.6) is 0 Å². The Kier molecular flexibility index (Phi) is 4.44. The summed E-state index contributed by atoms with van der Waals surface area (Å²) < 4.78 is 0. The molecule has 0 aliphatic carbocycles. The van der Waals surface area contributed by atoms with Crippen LogP contribution in [0.15, 0.2) is 0 Å². The molecule has 0 saturated carbocycles. The first kappa shape index (κ1) is 8.35. The van der Waals surface area contributed by atoms with Gasteiger partial charge in [0.25, 0.3) is 0 Å². The SMILES string of the molecule is CS[C@@H](C)CC(C)C. The smallest absolute Gasteiger partial charge is 0.00183 e. The summed E-state index contributed by atoms with van der Waals surface area (Å²) in [6.45, 7) is 6.82. The Morgan fingerprint density at radius 3 is 1.88 bits per heavy atom. The number of rotatable bonds is 3. The molecule has 50 valence electrons. The van der Waals surface area contributed by atoms with Gasteiger partial charge in [-0.2, -0.15) is 11.8 Å². The minimum atomic E-state index is 0.843. The molecule has 0 aromatic carbocycles. The highest BCUT2D eigenvalue weighted by atomic mass is 32.2. The van der Waals surface area contributed by atoms with Crippen molar-refractivity contribution in [3.8, 4) is 0 Å². The molecular formula is C7H16S. The molecule has 1 heteroatoms. The summed E-state index contributed by atoms with van der Waals surface area (Å²) in [6, 6.07) is 0. The zero-order chi connectivity index (χ0) is 6.57. The summed E-state index contributed by atoms with van der Waals surface area (Å²) in [6.07, 6.45) is 3.52. The third-order valence-corrected chi connectivity index (χ3v) is 2.20. The van der Waals surface area contributed by atoms with Crippen LogP contribution in [0.3, 0.4) is 0 Å². The molecule has 0 N–H and O–H groups in total. The van der Waals surface area contributed by atoms with Crippen LogP contribution in [-0.2, 0) is 0 Å². The van der Waals surface area contributed by atoms with Gasteiger partial charge in [-0.3, -0.25) is 0 Å². The summed E-state index contributed by atoms with van der Waals surface area (Å²) in [4.78, 5) is 0. The Morgan fingerprint density at radius 2 is 1.75 bits per heavy atom. The van der Waals surface area contributed by atoms with Crippen LogP contribution in [0.1, 0.15) is 27.2 Å². The van der Waals surface area contributed by atoms with E-state index in [4.69, 9.17) is 0 Å². The van der Waals surface area contributed by atoms with Crippen LogP contribution < -0.4 is 0 Å². The third kappa shape index (κ3) is 4.51. The zero-order valence-corrected chi connectivity index (χ0v) is 7.09. The fourth-order valence-electron chi connectivity index (χ4n) is 0.760. The molecule has 0 amide bonds. The minimum Gasteiger partial charge on any atom is -0.162 e. The summed E-state index contributed by atoms with van der Waals surface area (Å²) in [7, 11) is 0. The quantitative estimate of drug-likeness (QED) is 0.569. The molecule has 0 rings (SSSR count). The van der Waals surface area contributed by atoms with Crippen LogP contribution in [0, 0.1) is 5.92 Å². The summed E-state index contributed by atoms with van der Waals surface area (Å²) in [5.41, 5.74) is 0. The van der Waals surface area contributed by atoms with Crippen LogP contribution in [0.2, 0.25) is 0 Å². The highest BCUT2D eigenvalue weighted by molar-refractivity contribution is 7.99. The van der Waals surface area contributed by atoms with Gasteiger partial charge in [0.05, 0.1) is 0 Å². The van der Waals surface area contributed by atoms with Crippen molar-refractivity contribution in [2.75, 3.05) is 6.26 Å². The molecule has 0 unspecified atom stereocenters. The second-order valence-corrected chi connectivity index (χ2v) is 3.95. The normalized spacial score (nSPS) is 14.6. The molecule has 0 spiro atoms. The maximum Gasteiger partial charge on any atom is 0.00183 e. The lowest BCUT2D eigenvalue weighted by Crippen LogP contribution is -1.99. The molecule has 1 atom stereocenters. The molecular weight excluding hydrogens is 116 g/mol. The first-order chi connectivity index (χ1) is 3.66. The number of hydrogen-bond donors (Lipinski definition) is 0. The van der Waals surface area contributed by atoms with Crippen molar-refractivity contribution in [1.29, 1.82) is 0 Å². The molecule has 0 fully saturated rings. The Bertz CT molecular complexity index is 50.3. The molecule has 0 nitrogen and oxygen atoms in total. The second-order valence-electron chi connectivity index (χ2n) is 2.68. The van der Waals surface area contributed by atoms with Gasteiger partial charge in [0.2, 0.25) is 0 Å². The molecule has 0 saturated heterocycles. The first-order valence-electron chi connectivity index (χ1n) is 3.19. The van der Waals surface area contributed by atoms with E-state index in [0.29, 0.717) is 0 Å². The summed E-state index contributed by atoms with van der Waals surface area (Å²) >= 11 is 1.95. The van der Waals surface area contributed by atoms with Crippen molar-refractivity contribution in [2.24, 2.45) is 5.92 Å². The van der Waals surface area contributed by atoms with Crippen LogP contribution in [-0.4, -0.2) is 11.5 Å². The first-order valence-corrected chi connectivity index (χ1v) is 4.48. The maximum atomic E-state index is 2.28. The lowest BCUT2D eigenvalue weighted by molar-refractivity contribution is 0.585. The van der Waals surface area contributed by atoms with Crippen LogP contribution >= 0.6 is 11.8 Å². The van der Waals surface area contributed by atoms with Crippen molar-refractivity contribution in [2.45, 2.75) is 32.4 Å². The van der Waals surface area contributed by atoms with Gasteiger partial charge in [-0.15, -0.1) is 0 Å². The van der Waals surface area contributed by atoms with Crippen molar-refractivity contribution < 1.29 is 0 Å². The van der Waals surface area contributed by atoms with Crippen molar-refractivity contribution >= 4 is 11.8 Å². The van der Waals surface area contributed by atoms with Gasteiger partial charge >= 0.3 is 0 Å². The molecule has 0 bridgehead atoms. The highest BCUT2D eigenvalue weighted by Gasteiger charge is 2.00. The van der Waals surface area contributed by atoms with Crippen molar-refractivity contribution in [3.05, 3.63) is 0 Å². The van der Waals surface area contributed by atoms with Gasteiger partial charge in [-0.1, -0.05) is 20.8 Å². The van der Waals surface area contributed by atoms with E-state index in [1.54, 1.807) is 0 Å². The van der Waals surface area contributed by atoms with Gasteiger partial charge in [0.1, 0.15) is 0 Å². The Labute approximate surface area is 57.1 Å². The van der Waals surface area contributed by atoms with Crippen LogP contribution in [0.4, 0.5) is 0 Å². The van der Waals surface area contributed by atoms with Gasteiger partial charge in [-0.25, -0.2) is 0 Å². The predicted molar refractivity (Wildman–Crippen MR) is 42.4 cm³/mol. The standard InChI is InChI=1S/C7H16S/c1-6(2)5-7(3)8-4/h6-7H,5H2,1-4H3/t7-/m0/s1. The van der Waals surface area contributed by atoms with E-state index in [2.05, 4.69) is 27.0 Å². The minimum absolute atomic E-state index is 0.843. The zero-order valence-electron chi connectivity index (χ0n) is 6.27. The van der Waals surface area contributed by atoms with Gasteiger partial charge in [0, 0.05) is 5.25 Å². The lowest BCUT2D eigenvalue weighted by atomic mass is 10.1. The highest BCUT2D eigenvalue weighted by Crippen LogP contribution is 2.14. The fraction of sp³-hybridized carbons (Fsp3) is 1.00. The summed E-state index contributed by atoms with van der Waals surface area (Å²) in [5.74, 6) is 0.859. The molecule has 0 radical (unpaired) electrons. The van der Waals surface area contributed by atoms with E-state index < -0.39 is 0 Å². The second kappa shape index (κ2) is 4.25. The van der Waals surface area contributed by atoms with Crippen LogP contribution in [0.25, 0.3) is 0 Å². The molecule has 0 heterocycles. The van der Waals surface area contributed by atoms with E-state index >= 15 is 0 Å². The van der Waals surface area contributed by atoms with Gasteiger partial charge in [0.15, 0.2) is 0 Å². The molecule has 0 aliphatic heterocycles. The van der Waals surface area contributed by atoms with Crippen molar-refractivity contribution in [3.63, 3.8) is 0 Å². The molecule has 0 aromatic rings. The topological polar surface area (TPSA) is 0 Å². The summed E-state index contributed by atoms with van der Waals surface area (Å²) in [5, 5.41) is 0.843. The average molecular weight is 132 g/mol. The fourth-order valence-corrected chi connectivity index (χ4v) is 1.34. The van der Waals surface area contributed by atoms with E-state index in [1.807, 2.05) is 11.8 Å². The lowest BCUT2D eigenvalue weighted by Gasteiger charge is -2.09. The van der Waals surface area contributed by atoms with E-state index in [9.17, 15) is 0 Å².